The fraction of sp³-hybridized carbons (Fsp3) is 0.240. The summed E-state index contributed by atoms with van der Waals surface area (Å²) < 4.78 is 21.8. The normalized spacial score (nSPS) is 16.3. The van der Waals surface area contributed by atoms with Gasteiger partial charge < -0.3 is 29.2 Å². The molecule has 1 unspecified atom stereocenters. The van der Waals surface area contributed by atoms with Crippen molar-refractivity contribution in [2.24, 2.45) is 0 Å². The lowest BCUT2D eigenvalue weighted by atomic mass is 9.88. The van der Waals surface area contributed by atoms with Gasteiger partial charge in [0, 0.05) is 18.3 Å². The second-order valence-corrected chi connectivity index (χ2v) is 7.66. The fourth-order valence-electron chi connectivity index (χ4n) is 4.33. The number of rotatable bonds is 4. The van der Waals surface area contributed by atoms with E-state index in [2.05, 4.69) is 5.32 Å². The Bertz CT molecular complexity index is 1150. The summed E-state index contributed by atoms with van der Waals surface area (Å²) in [6.45, 7) is 0.759. The first-order chi connectivity index (χ1) is 15.7. The van der Waals surface area contributed by atoms with E-state index in [1.807, 2.05) is 53.4 Å². The molecule has 0 saturated heterocycles. The Morgan fingerprint density at radius 2 is 1.72 bits per heavy atom. The molecule has 1 atom stereocenters. The Balaban J connectivity index is 1.51. The van der Waals surface area contributed by atoms with Gasteiger partial charge in [0.25, 0.3) is 0 Å². The molecule has 32 heavy (non-hydrogen) atoms. The number of nitrogens with zero attached hydrogens (tertiary/aromatic N) is 1. The minimum Gasteiger partial charge on any atom is -0.493 e. The van der Waals surface area contributed by atoms with Crippen LogP contribution in [0.3, 0.4) is 0 Å². The molecule has 2 heterocycles. The smallest absolute Gasteiger partial charge is 0.322 e. The number of carbonyl (C=O) groups excluding carboxylic acids is 1. The van der Waals surface area contributed by atoms with E-state index in [1.54, 1.807) is 26.4 Å². The molecule has 3 aromatic carbocycles. The van der Waals surface area contributed by atoms with Gasteiger partial charge in [0.2, 0.25) is 6.79 Å². The Kier molecular flexibility index (Phi) is 5.23. The highest BCUT2D eigenvalue weighted by molar-refractivity contribution is 5.90. The van der Waals surface area contributed by atoms with Gasteiger partial charge in [0.1, 0.15) is 0 Å². The van der Waals surface area contributed by atoms with Crippen LogP contribution in [0.25, 0.3) is 0 Å². The zero-order valence-electron chi connectivity index (χ0n) is 18.0. The maximum Gasteiger partial charge on any atom is 0.322 e. The van der Waals surface area contributed by atoms with E-state index in [4.69, 9.17) is 18.9 Å². The zero-order valence-corrected chi connectivity index (χ0v) is 18.0. The predicted octanol–water partition coefficient (Wildman–Crippen LogP) is 4.61. The molecule has 1 N–H and O–H groups in total. The van der Waals surface area contributed by atoms with Crippen molar-refractivity contribution >= 4 is 11.7 Å². The monoisotopic (exact) mass is 432 g/mol. The van der Waals surface area contributed by atoms with Gasteiger partial charge in [0.05, 0.1) is 20.3 Å². The first-order valence-corrected chi connectivity index (χ1v) is 10.4. The van der Waals surface area contributed by atoms with Crippen molar-refractivity contribution < 1.29 is 23.7 Å². The van der Waals surface area contributed by atoms with Crippen LogP contribution < -0.4 is 24.3 Å². The molecule has 7 heteroatoms. The number of methoxy groups -OCH3 is 2. The second-order valence-electron chi connectivity index (χ2n) is 7.66. The SMILES string of the molecule is COc1cc2c(cc1OC)C(c1ccccc1)N(C(=O)Nc1ccc3c(c1)OCO3)CC2. The first kappa shape index (κ1) is 20.1. The maximum absolute atomic E-state index is 13.4. The predicted molar refractivity (Wildman–Crippen MR) is 120 cm³/mol. The number of fused-ring (bicyclic) bond motifs is 2. The van der Waals surface area contributed by atoms with Crippen molar-refractivity contribution in [2.45, 2.75) is 12.5 Å². The van der Waals surface area contributed by atoms with E-state index < -0.39 is 0 Å². The average Bonchev–Trinajstić information content (AvgIpc) is 3.30. The minimum atomic E-state index is -0.256. The van der Waals surface area contributed by atoms with Gasteiger partial charge in [0.15, 0.2) is 23.0 Å². The van der Waals surface area contributed by atoms with Crippen LogP contribution in [0, 0.1) is 0 Å². The van der Waals surface area contributed by atoms with Gasteiger partial charge in [-0.05, 0) is 47.4 Å². The molecule has 3 aromatic rings. The summed E-state index contributed by atoms with van der Waals surface area (Å²) in [4.78, 5) is 15.3. The van der Waals surface area contributed by atoms with Gasteiger partial charge in [-0.25, -0.2) is 4.79 Å². The zero-order chi connectivity index (χ0) is 22.1. The Labute approximate surface area is 186 Å². The van der Waals surface area contributed by atoms with E-state index in [0.717, 1.165) is 16.7 Å². The molecule has 2 aliphatic heterocycles. The van der Waals surface area contributed by atoms with Crippen LogP contribution in [0.5, 0.6) is 23.0 Å². The second kappa shape index (κ2) is 8.34. The van der Waals surface area contributed by atoms with Crippen molar-refractivity contribution in [1.29, 1.82) is 0 Å². The number of benzene rings is 3. The number of hydrogen-bond acceptors (Lipinski definition) is 5. The van der Waals surface area contributed by atoms with Crippen LogP contribution >= 0.6 is 0 Å². The summed E-state index contributed by atoms with van der Waals surface area (Å²) in [6.07, 6.45) is 0.716. The molecule has 7 nitrogen and oxygen atoms in total. The molecular formula is C25H24N2O5. The van der Waals surface area contributed by atoms with E-state index in [0.29, 0.717) is 41.7 Å². The molecule has 164 valence electrons. The number of urea groups is 1. The Morgan fingerprint density at radius 3 is 2.50 bits per heavy atom. The largest absolute Gasteiger partial charge is 0.493 e. The summed E-state index contributed by atoms with van der Waals surface area (Å²) in [5.41, 5.74) is 3.86. The highest BCUT2D eigenvalue weighted by atomic mass is 16.7. The van der Waals surface area contributed by atoms with E-state index in [1.165, 1.54) is 0 Å². The third-order valence-corrected chi connectivity index (χ3v) is 5.87. The topological polar surface area (TPSA) is 69.3 Å². The third kappa shape index (κ3) is 3.56. The van der Waals surface area contributed by atoms with Crippen LogP contribution in [0.15, 0.2) is 60.7 Å². The lowest BCUT2D eigenvalue weighted by Crippen LogP contribution is -2.43. The van der Waals surface area contributed by atoms with Crippen molar-refractivity contribution in [3.8, 4) is 23.0 Å². The molecule has 2 amide bonds. The molecule has 2 aliphatic rings. The number of carbonyl (C=O) groups is 1. The number of anilines is 1. The molecule has 0 radical (unpaired) electrons. The van der Waals surface area contributed by atoms with Crippen LogP contribution in [-0.4, -0.2) is 38.5 Å². The van der Waals surface area contributed by atoms with Crippen LogP contribution in [0.2, 0.25) is 0 Å². The van der Waals surface area contributed by atoms with Gasteiger partial charge in [-0.1, -0.05) is 30.3 Å². The Morgan fingerprint density at radius 1 is 0.969 bits per heavy atom. The number of amides is 2. The lowest BCUT2D eigenvalue weighted by Gasteiger charge is -2.38. The molecule has 0 bridgehead atoms. The summed E-state index contributed by atoms with van der Waals surface area (Å²) in [5, 5.41) is 3.02. The molecule has 0 aromatic heterocycles. The molecule has 0 fully saturated rings. The highest BCUT2D eigenvalue weighted by Crippen LogP contribution is 2.41. The van der Waals surface area contributed by atoms with Crippen LogP contribution in [0.4, 0.5) is 10.5 Å². The molecular weight excluding hydrogens is 408 g/mol. The molecule has 0 saturated carbocycles. The minimum absolute atomic E-state index is 0.182. The number of ether oxygens (including phenoxy) is 4. The molecule has 5 rings (SSSR count). The summed E-state index contributed by atoms with van der Waals surface area (Å²) in [7, 11) is 3.25. The van der Waals surface area contributed by atoms with E-state index >= 15 is 0 Å². The van der Waals surface area contributed by atoms with Crippen molar-refractivity contribution in [1.82, 2.24) is 4.90 Å². The van der Waals surface area contributed by atoms with Crippen molar-refractivity contribution in [3.05, 3.63) is 77.4 Å². The van der Waals surface area contributed by atoms with Gasteiger partial charge in [-0.15, -0.1) is 0 Å². The van der Waals surface area contributed by atoms with Crippen molar-refractivity contribution in [2.75, 3.05) is 32.9 Å². The van der Waals surface area contributed by atoms with E-state index in [9.17, 15) is 4.79 Å². The van der Waals surface area contributed by atoms with Crippen LogP contribution in [-0.2, 0) is 6.42 Å². The fourth-order valence-corrected chi connectivity index (χ4v) is 4.33. The number of nitrogens with one attached hydrogen (secondary N) is 1. The highest BCUT2D eigenvalue weighted by Gasteiger charge is 2.33. The van der Waals surface area contributed by atoms with Gasteiger partial charge in [-0.3, -0.25) is 0 Å². The van der Waals surface area contributed by atoms with Crippen LogP contribution in [0.1, 0.15) is 22.7 Å². The van der Waals surface area contributed by atoms with Crippen molar-refractivity contribution in [3.63, 3.8) is 0 Å². The Hall–Kier alpha value is -3.87. The first-order valence-electron chi connectivity index (χ1n) is 10.4. The summed E-state index contributed by atoms with van der Waals surface area (Å²) in [6, 6.07) is 19.0. The third-order valence-electron chi connectivity index (χ3n) is 5.87. The average molecular weight is 432 g/mol. The maximum atomic E-state index is 13.4. The quantitative estimate of drug-likeness (QED) is 0.652. The standard InChI is InChI=1S/C25H24N2O5/c1-29-21-12-17-10-11-27(25(28)26-18-8-9-20-23(13-18)32-15-31-20)24(16-6-4-3-5-7-16)19(17)14-22(21)30-2/h3-9,12-14,24H,10-11,15H2,1-2H3,(H,26,28). The molecule has 0 spiro atoms. The number of hydrogen-bond donors (Lipinski definition) is 1. The lowest BCUT2D eigenvalue weighted by molar-refractivity contribution is 0.174. The van der Waals surface area contributed by atoms with Gasteiger partial charge >= 0.3 is 6.03 Å². The summed E-state index contributed by atoms with van der Waals surface area (Å²) >= 11 is 0. The van der Waals surface area contributed by atoms with E-state index in [-0.39, 0.29) is 18.9 Å². The summed E-state index contributed by atoms with van der Waals surface area (Å²) in [5.74, 6) is 2.64. The molecule has 0 aliphatic carbocycles. The van der Waals surface area contributed by atoms with Gasteiger partial charge in [-0.2, -0.15) is 0 Å².